The van der Waals surface area contributed by atoms with Gasteiger partial charge in [-0.15, -0.1) is 0 Å². The number of fused-ring (bicyclic) bond motifs is 1. The van der Waals surface area contributed by atoms with E-state index >= 15 is 0 Å². The summed E-state index contributed by atoms with van der Waals surface area (Å²) in [5.41, 5.74) is 0.942. The molecule has 1 atom stereocenters. The van der Waals surface area contributed by atoms with Crippen molar-refractivity contribution in [1.82, 2.24) is 0 Å². The third kappa shape index (κ3) is 1.25. The third-order valence-corrected chi connectivity index (χ3v) is 2.50. The fourth-order valence-corrected chi connectivity index (χ4v) is 1.71. The summed E-state index contributed by atoms with van der Waals surface area (Å²) >= 11 is 0. The molecule has 0 bridgehead atoms. The van der Waals surface area contributed by atoms with Crippen molar-refractivity contribution in [3.05, 3.63) is 23.8 Å². The zero-order chi connectivity index (χ0) is 10.1. The van der Waals surface area contributed by atoms with Crippen LogP contribution in [-0.4, -0.2) is 13.1 Å². The van der Waals surface area contributed by atoms with E-state index in [0.29, 0.717) is 5.75 Å². The summed E-state index contributed by atoms with van der Waals surface area (Å²) < 4.78 is 10.2. The van der Waals surface area contributed by atoms with E-state index in [1.54, 1.807) is 19.2 Å². The Hall–Kier alpha value is -1.51. The number of carbonyl (C=O) groups is 1. The molecule has 1 aliphatic heterocycles. The smallest absolute Gasteiger partial charge is 0.318 e. The quantitative estimate of drug-likeness (QED) is 0.531. The Labute approximate surface area is 82.6 Å². The van der Waals surface area contributed by atoms with Gasteiger partial charge in [-0.05, 0) is 24.6 Å². The monoisotopic (exact) mass is 192 g/mol. The number of benzene rings is 1. The van der Waals surface area contributed by atoms with E-state index in [1.165, 1.54) is 0 Å². The number of ether oxygens (including phenoxy) is 2. The average Bonchev–Trinajstić information content (AvgIpc) is 2.52. The van der Waals surface area contributed by atoms with Crippen LogP contribution in [-0.2, 0) is 4.79 Å². The molecule has 0 saturated heterocycles. The Kier molecular flexibility index (Phi) is 2.15. The predicted octanol–water partition coefficient (Wildman–Crippen LogP) is 2.11. The second kappa shape index (κ2) is 3.33. The average molecular weight is 192 g/mol. The van der Waals surface area contributed by atoms with Crippen molar-refractivity contribution in [2.45, 2.75) is 19.3 Å². The number of rotatable bonds is 2. The highest BCUT2D eigenvalue weighted by molar-refractivity contribution is 5.86. The standard InChI is InChI=1S/C11H12O3/c1-3-8-9-6-7(13-2)4-5-10(9)14-11(8)12/h4-6,8H,3H2,1-2H3/t8-/m0/s1. The minimum absolute atomic E-state index is 0.125. The van der Waals surface area contributed by atoms with E-state index in [2.05, 4.69) is 0 Å². The van der Waals surface area contributed by atoms with Crippen LogP contribution in [0.15, 0.2) is 18.2 Å². The van der Waals surface area contributed by atoms with Gasteiger partial charge in [-0.3, -0.25) is 4.79 Å². The van der Waals surface area contributed by atoms with Crippen molar-refractivity contribution in [1.29, 1.82) is 0 Å². The number of carbonyl (C=O) groups excluding carboxylic acids is 1. The van der Waals surface area contributed by atoms with E-state index in [9.17, 15) is 4.79 Å². The third-order valence-electron chi connectivity index (χ3n) is 2.50. The van der Waals surface area contributed by atoms with Gasteiger partial charge in [-0.2, -0.15) is 0 Å². The molecular weight excluding hydrogens is 180 g/mol. The van der Waals surface area contributed by atoms with E-state index in [0.717, 1.165) is 17.7 Å². The number of hydrogen-bond acceptors (Lipinski definition) is 3. The molecule has 0 aliphatic carbocycles. The van der Waals surface area contributed by atoms with Crippen LogP contribution in [0.3, 0.4) is 0 Å². The molecule has 1 aromatic carbocycles. The van der Waals surface area contributed by atoms with Crippen LogP contribution in [0.4, 0.5) is 0 Å². The summed E-state index contributed by atoms with van der Waals surface area (Å²) in [5.74, 6) is 1.15. The van der Waals surface area contributed by atoms with Crippen molar-refractivity contribution in [2.75, 3.05) is 7.11 Å². The van der Waals surface area contributed by atoms with E-state index in [4.69, 9.17) is 9.47 Å². The van der Waals surface area contributed by atoms with Crippen molar-refractivity contribution < 1.29 is 14.3 Å². The molecular formula is C11H12O3. The first-order chi connectivity index (χ1) is 6.76. The van der Waals surface area contributed by atoms with Crippen molar-refractivity contribution >= 4 is 5.97 Å². The SMILES string of the molecule is CC[C@@H]1C(=O)Oc2ccc(OC)cc21. The van der Waals surface area contributed by atoms with Crippen LogP contribution in [0.25, 0.3) is 0 Å². The Morgan fingerprint density at radius 2 is 2.29 bits per heavy atom. The molecule has 2 rings (SSSR count). The molecule has 3 heteroatoms. The van der Waals surface area contributed by atoms with Gasteiger partial charge >= 0.3 is 5.97 Å². The van der Waals surface area contributed by atoms with Gasteiger partial charge in [-0.25, -0.2) is 0 Å². The minimum Gasteiger partial charge on any atom is -0.497 e. The van der Waals surface area contributed by atoms with Crippen LogP contribution in [0.5, 0.6) is 11.5 Å². The molecule has 0 aromatic heterocycles. The molecule has 14 heavy (non-hydrogen) atoms. The number of methoxy groups -OCH3 is 1. The fraction of sp³-hybridized carbons (Fsp3) is 0.364. The van der Waals surface area contributed by atoms with Gasteiger partial charge in [0.1, 0.15) is 11.5 Å². The van der Waals surface area contributed by atoms with Gasteiger partial charge in [0, 0.05) is 5.56 Å². The van der Waals surface area contributed by atoms with Gasteiger partial charge in [0.15, 0.2) is 0 Å². The van der Waals surface area contributed by atoms with Crippen LogP contribution in [0, 0.1) is 0 Å². The Balaban J connectivity index is 2.44. The highest BCUT2D eigenvalue weighted by Gasteiger charge is 2.31. The lowest BCUT2D eigenvalue weighted by Crippen LogP contribution is -2.08. The molecule has 1 aromatic rings. The molecule has 0 unspecified atom stereocenters. The van der Waals surface area contributed by atoms with E-state index < -0.39 is 0 Å². The minimum atomic E-state index is -0.157. The molecule has 0 spiro atoms. The summed E-state index contributed by atoms with van der Waals surface area (Å²) in [6, 6.07) is 5.44. The number of esters is 1. The lowest BCUT2D eigenvalue weighted by atomic mass is 9.98. The van der Waals surface area contributed by atoms with Gasteiger partial charge in [0.25, 0.3) is 0 Å². The molecule has 1 heterocycles. The summed E-state index contributed by atoms with van der Waals surface area (Å²) in [5, 5.41) is 0. The lowest BCUT2D eigenvalue weighted by Gasteiger charge is -2.04. The highest BCUT2D eigenvalue weighted by Crippen LogP contribution is 2.38. The molecule has 74 valence electrons. The maximum Gasteiger partial charge on any atom is 0.318 e. The second-order valence-electron chi connectivity index (χ2n) is 3.29. The van der Waals surface area contributed by atoms with E-state index in [1.807, 2.05) is 13.0 Å². The maximum atomic E-state index is 11.4. The molecule has 3 nitrogen and oxygen atoms in total. The summed E-state index contributed by atoms with van der Waals surface area (Å²) in [7, 11) is 1.61. The van der Waals surface area contributed by atoms with Crippen LogP contribution in [0.1, 0.15) is 24.8 Å². The van der Waals surface area contributed by atoms with Crippen LogP contribution < -0.4 is 9.47 Å². The first-order valence-electron chi connectivity index (χ1n) is 4.66. The van der Waals surface area contributed by atoms with Crippen molar-refractivity contribution in [3.8, 4) is 11.5 Å². The molecule has 0 radical (unpaired) electrons. The fourth-order valence-electron chi connectivity index (χ4n) is 1.71. The van der Waals surface area contributed by atoms with Gasteiger partial charge in [0.2, 0.25) is 0 Å². The molecule has 0 fully saturated rings. The molecule has 1 aliphatic rings. The van der Waals surface area contributed by atoms with Crippen LogP contribution in [0.2, 0.25) is 0 Å². The zero-order valence-electron chi connectivity index (χ0n) is 8.24. The van der Waals surface area contributed by atoms with Gasteiger partial charge in [-0.1, -0.05) is 6.92 Å². The topological polar surface area (TPSA) is 35.5 Å². The highest BCUT2D eigenvalue weighted by atomic mass is 16.5. The second-order valence-corrected chi connectivity index (χ2v) is 3.29. The van der Waals surface area contributed by atoms with E-state index in [-0.39, 0.29) is 11.9 Å². The number of hydrogen-bond donors (Lipinski definition) is 0. The van der Waals surface area contributed by atoms with Gasteiger partial charge < -0.3 is 9.47 Å². The van der Waals surface area contributed by atoms with Gasteiger partial charge in [0.05, 0.1) is 13.0 Å². The first kappa shape index (κ1) is 9.06. The maximum absolute atomic E-state index is 11.4. The zero-order valence-corrected chi connectivity index (χ0v) is 8.24. The Morgan fingerprint density at radius 3 is 2.93 bits per heavy atom. The molecule has 0 amide bonds. The summed E-state index contributed by atoms with van der Waals surface area (Å²) in [6.07, 6.45) is 0.763. The largest absolute Gasteiger partial charge is 0.497 e. The normalized spacial score (nSPS) is 19.0. The lowest BCUT2D eigenvalue weighted by molar-refractivity contribution is -0.134. The predicted molar refractivity (Wildman–Crippen MR) is 51.7 cm³/mol. The Bertz CT molecular complexity index is 371. The molecule has 0 saturated carbocycles. The molecule has 0 N–H and O–H groups in total. The first-order valence-corrected chi connectivity index (χ1v) is 4.66. The Morgan fingerprint density at radius 1 is 1.50 bits per heavy atom. The van der Waals surface area contributed by atoms with Crippen LogP contribution >= 0.6 is 0 Å². The van der Waals surface area contributed by atoms with Crippen molar-refractivity contribution in [2.24, 2.45) is 0 Å². The summed E-state index contributed by atoms with van der Waals surface area (Å²) in [4.78, 5) is 11.4. The summed E-state index contributed by atoms with van der Waals surface area (Å²) in [6.45, 7) is 1.97. The van der Waals surface area contributed by atoms with Crippen molar-refractivity contribution in [3.63, 3.8) is 0 Å².